The van der Waals surface area contributed by atoms with E-state index >= 15 is 0 Å². The summed E-state index contributed by atoms with van der Waals surface area (Å²) in [6.07, 6.45) is 9.68. The molecule has 0 saturated heterocycles. The molecular weight excluding hydrogens is 156 g/mol. The molecule has 0 amide bonds. The van der Waals surface area contributed by atoms with Gasteiger partial charge in [0.25, 0.3) is 0 Å². The lowest BCUT2D eigenvalue weighted by Crippen LogP contribution is -1.83. The van der Waals surface area contributed by atoms with Crippen LogP contribution in [-0.2, 0) is 0 Å². The van der Waals surface area contributed by atoms with Crippen molar-refractivity contribution in [2.45, 2.75) is 79.6 Å². The van der Waals surface area contributed by atoms with Crippen LogP contribution in [0.2, 0.25) is 0 Å². The van der Waals surface area contributed by atoms with Crippen molar-refractivity contribution in [1.82, 2.24) is 0 Å². The lowest BCUT2D eigenvalue weighted by molar-refractivity contribution is 0.550. The van der Waals surface area contributed by atoms with Crippen LogP contribution >= 0.6 is 0 Å². The van der Waals surface area contributed by atoms with Crippen molar-refractivity contribution < 1.29 is 0 Å². The number of hydrogen-bond acceptors (Lipinski definition) is 0. The summed E-state index contributed by atoms with van der Waals surface area (Å²) in [5.74, 6) is 0.903. The summed E-state index contributed by atoms with van der Waals surface area (Å²) in [4.78, 5) is 0. The molecule has 0 aromatic carbocycles. The number of unbranched alkanes of at least 4 members (excludes halogenated alkanes) is 4. The highest BCUT2D eigenvalue weighted by molar-refractivity contribution is 4.42. The Morgan fingerprint density at radius 3 is 1.23 bits per heavy atom. The van der Waals surface area contributed by atoms with Gasteiger partial charge in [-0.1, -0.05) is 79.6 Å². The Bertz CT molecular complexity index is 60.4. The molecule has 0 unspecified atom stereocenters. The van der Waals surface area contributed by atoms with E-state index in [0.717, 1.165) is 5.92 Å². The van der Waals surface area contributed by atoms with Gasteiger partial charge in [0.1, 0.15) is 0 Å². The Kier molecular flexibility index (Phi) is 17.3. The monoisotopic (exact) mass is 186 g/mol. The van der Waals surface area contributed by atoms with Gasteiger partial charge in [-0.05, 0) is 5.92 Å². The second-order valence-electron chi connectivity index (χ2n) is 4.24. The summed E-state index contributed by atoms with van der Waals surface area (Å²) in [6, 6.07) is 0. The van der Waals surface area contributed by atoms with E-state index in [9.17, 15) is 0 Å². The molecular formula is C13H30. The average molecular weight is 186 g/mol. The third-order valence-electron chi connectivity index (χ3n) is 2.09. The van der Waals surface area contributed by atoms with Gasteiger partial charge in [0, 0.05) is 0 Å². The van der Waals surface area contributed by atoms with Crippen LogP contribution in [0, 0.1) is 5.92 Å². The van der Waals surface area contributed by atoms with Crippen molar-refractivity contribution in [3.63, 3.8) is 0 Å². The fourth-order valence-corrected chi connectivity index (χ4v) is 1.11. The predicted octanol–water partition coefficient (Wildman–Crippen LogP) is 5.42. The second kappa shape index (κ2) is 14.5. The fourth-order valence-electron chi connectivity index (χ4n) is 1.11. The maximum Gasteiger partial charge on any atom is -0.0471 e. The Morgan fingerprint density at radius 1 is 0.692 bits per heavy atom. The minimum atomic E-state index is 0.903. The topological polar surface area (TPSA) is 0 Å². The SMILES string of the molecule is CCCCC(C)C.CCCCCC. The molecule has 13 heavy (non-hydrogen) atoms. The molecule has 0 rings (SSSR count). The molecule has 0 bridgehead atoms. The molecule has 0 heterocycles. The third kappa shape index (κ3) is 24.5. The van der Waals surface area contributed by atoms with Gasteiger partial charge in [-0.3, -0.25) is 0 Å². The van der Waals surface area contributed by atoms with E-state index in [1.165, 1.54) is 44.9 Å². The minimum Gasteiger partial charge on any atom is -0.0654 e. The summed E-state index contributed by atoms with van der Waals surface area (Å²) in [6.45, 7) is 11.2. The van der Waals surface area contributed by atoms with E-state index in [4.69, 9.17) is 0 Å². The lowest BCUT2D eigenvalue weighted by Gasteiger charge is -1.98. The molecule has 0 atom stereocenters. The highest BCUT2D eigenvalue weighted by atomic mass is 13.9. The molecule has 0 spiro atoms. The normalized spacial score (nSPS) is 9.69. The fraction of sp³-hybridized carbons (Fsp3) is 1.00. The van der Waals surface area contributed by atoms with Crippen LogP contribution in [-0.4, -0.2) is 0 Å². The Balaban J connectivity index is 0. The molecule has 0 N–H and O–H groups in total. The predicted molar refractivity (Wildman–Crippen MR) is 64.2 cm³/mol. The maximum absolute atomic E-state index is 2.27. The van der Waals surface area contributed by atoms with E-state index < -0.39 is 0 Å². The largest absolute Gasteiger partial charge is 0.0654 e. The Labute approximate surface area is 86.1 Å². The highest BCUT2D eigenvalue weighted by Crippen LogP contribution is 2.04. The zero-order valence-electron chi connectivity index (χ0n) is 10.5. The van der Waals surface area contributed by atoms with Crippen LogP contribution in [0.15, 0.2) is 0 Å². The van der Waals surface area contributed by atoms with Crippen molar-refractivity contribution in [3.8, 4) is 0 Å². The Morgan fingerprint density at radius 2 is 1.08 bits per heavy atom. The summed E-state index contributed by atoms with van der Waals surface area (Å²) in [5.41, 5.74) is 0. The molecule has 0 aliphatic rings. The molecule has 0 aromatic rings. The van der Waals surface area contributed by atoms with Gasteiger partial charge >= 0.3 is 0 Å². The van der Waals surface area contributed by atoms with Crippen LogP contribution < -0.4 is 0 Å². The average Bonchev–Trinajstić information content (AvgIpc) is 2.12. The molecule has 0 aliphatic carbocycles. The van der Waals surface area contributed by atoms with E-state index in [1.807, 2.05) is 0 Å². The molecule has 0 heteroatoms. The standard InChI is InChI=1S/C7H16.C6H14/c1-4-5-6-7(2)3;1-3-5-6-4-2/h7H,4-6H2,1-3H3;3-6H2,1-2H3. The van der Waals surface area contributed by atoms with Gasteiger partial charge in [0.15, 0.2) is 0 Å². The van der Waals surface area contributed by atoms with E-state index in [2.05, 4.69) is 34.6 Å². The van der Waals surface area contributed by atoms with Crippen LogP contribution in [0.3, 0.4) is 0 Å². The number of rotatable bonds is 6. The van der Waals surface area contributed by atoms with Crippen molar-refractivity contribution in [3.05, 3.63) is 0 Å². The summed E-state index contributed by atoms with van der Waals surface area (Å²) < 4.78 is 0. The first-order chi connectivity index (χ1) is 6.18. The molecule has 0 saturated carbocycles. The first-order valence-electron chi connectivity index (χ1n) is 6.18. The zero-order valence-corrected chi connectivity index (χ0v) is 10.5. The molecule has 0 fully saturated rings. The van der Waals surface area contributed by atoms with Crippen molar-refractivity contribution in [2.75, 3.05) is 0 Å². The quantitative estimate of drug-likeness (QED) is 0.486. The highest BCUT2D eigenvalue weighted by Gasteiger charge is 1.88. The molecule has 0 aliphatic heterocycles. The van der Waals surface area contributed by atoms with Gasteiger partial charge in [0.2, 0.25) is 0 Å². The maximum atomic E-state index is 2.27. The Hall–Kier alpha value is 0. The molecule has 82 valence electrons. The minimum absolute atomic E-state index is 0.903. The van der Waals surface area contributed by atoms with Crippen LogP contribution in [0.25, 0.3) is 0 Å². The lowest BCUT2D eigenvalue weighted by atomic mass is 10.1. The van der Waals surface area contributed by atoms with Gasteiger partial charge in [0.05, 0.1) is 0 Å². The van der Waals surface area contributed by atoms with E-state index in [-0.39, 0.29) is 0 Å². The second-order valence-corrected chi connectivity index (χ2v) is 4.24. The zero-order chi connectivity index (χ0) is 10.5. The first-order valence-corrected chi connectivity index (χ1v) is 6.18. The van der Waals surface area contributed by atoms with E-state index in [0.29, 0.717) is 0 Å². The smallest absolute Gasteiger partial charge is 0.0471 e. The van der Waals surface area contributed by atoms with Crippen LogP contribution in [0.5, 0.6) is 0 Å². The van der Waals surface area contributed by atoms with Crippen LogP contribution in [0.4, 0.5) is 0 Å². The third-order valence-corrected chi connectivity index (χ3v) is 2.09. The van der Waals surface area contributed by atoms with Crippen LogP contribution in [0.1, 0.15) is 79.6 Å². The molecule has 0 nitrogen and oxygen atoms in total. The summed E-state index contributed by atoms with van der Waals surface area (Å²) >= 11 is 0. The van der Waals surface area contributed by atoms with Crippen molar-refractivity contribution in [2.24, 2.45) is 5.92 Å². The van der Waals surface area contributed by atoms with Crippen molar-refractivity contribution in [1.29, 1.82) is 0 Å². The van der Waals surface area contributed by atoms with Crippen molar-refractivity contribution >= 4 is 0 Å². The summed E-state index contributed by atoms with van der Waals surface area (Å²) in [7, 11) is 0. The summed E-state index contributed by atoms with van der Waals surface area (Å²) in [5, 5.41) is 0. The molecule has 0 aromatic heterocycles. The van der Waals surface area contributed by atoms with Gasteiger partial charge in [-0.2, -0.15) is 0 Å². The van der Waals surface area contributed by atoms with Gasteiger partial charge < -0.3 is 0 Å². The van der Waals surface area contributed by atoms with E-state index in [1.54, 1.807) is 0 Å². The van der Waals surface area contributed by atoms with Gasteiger partial charge in [-0.15, -0.1) is 0 Å². The number of hydrogen-bond donors (Lipinski definition) is 0. The van der Waals surface area contributed by atoms with Gasteiger partial charge in [-0.25, -0.2) is 0 Å². The first kappa shape index (κ1) is 15.5. The molecule has 0 radical (unpaired) electrons.